The van der Waals surface area contributed by atoms with Gasteiger partial charge in [0.1, 0.15) is 11.4 Å². The molecule has 3 aliphatic rings. The molecular weight excluding hydrogens is 549 g/mol. The zero-order valence-electron chi connectivity index (χ0n) is 25.1. The second-order valence-electron chi connectivity index (χ2n) is 13.0. The van der Waals surface area contributed by atoms with E-state index in [1.54, 1.807) is 62.1 Å². The Hall–Kier alpha value is -3.77. The minimum absolute atomic E-state index is 0.0187. The molecule has 1 N–H and O–H groups in total. The lowest BCUT2D eigenvalue weighted by Gasteiger charge is -2.35. The predicted molar refractivity (Wildman–Crippen MR) is 159 cm³/mol. The van der Waals surface area contributed by atoms with Gasteiger partial charge in [0.25, 0.3) is 5.91 Å². The van der Waals surface area contributed by atoms with E-state index in [0.29, 0.717) is 29.9 Å². The predicted octanol–water partition coefficient (Wildman–Crippen LogP) is 5.83. The first-order valence-corrected chi connectivity index (χ1v) is 15.2. The molecule has 1 saturated carbocycles. The average Bonchev–Trinajstić information content (AvgIpc) is 3.60. The highest BCUT2D eigenvalue weighted by atomic mass is 19.1. The summed E-state index contributed by atoms with van der Waals surface area (Å²) in [7, 11) is 0. The van der Waals surface area contributed by atoms with E-state index in [-0.39, 0.29) is 42.5 Å². The third kappa shape index (κ3) is 7.24. The highest BCUT2D eigenvalue weighted by molar-refractivity contribution is 5.95. The molecule has 2 saturated heterocycles. The molecule has 2 aromatic rings. The summed E-state index contributed by atoms with van der Waals surface area (Å²) in [5.41, 5.74) is 1.63. The minimum Gasteiger partial charge on any atom is -0.444 e. The van der Waals surface area contributed by atoms with Crippen molar-refractivity contribution in [2.75, 3.05) is 13.2 Å². The maximum atomic E-state index is 15.2. The summed E-state index contributed by atoms with van der Waals surface area (Å²) in [5.74, 6) is -1.41. The number of nitriles is 1. The van der Waals surface area contributed by atoms with Gasteiger partial charge < -0.3 is 14.8 Å². The van der Waals surface area contributed by atoms with Gasteiger partial charge in [0.05, 0.1) is 18.0 Å². The molecule has 8 nitrogen and oxygen atoms in total. The first-order valence-electron chi connectivity index (χ1n) is 15.2. The Bertz CT molecular complexity index is 1390. The lowest BCUT2D eigenvalue weighted by Crippen LogP contribution is -2.51. The molecule has 0 radical (unpaired) electrons. The fourth-order valence-corrected chi connectivity index (χ4v) is 6.59. The van der Waals surface area contributed by atoms with Crippen molar-refractivity contribution in [3.63, 3.8) is 0 Å². The van der Waals surface area contributed by atoms with Gasteiger partial charge in [-0.05, 0) is 100 Å². The molecule has 1 aliphatic carbocycles. The van der Waals surface area contributed by atoms with Gasteiger partial charge in [-0.1, -0.05) is 24.3 Å². The number of Topliss-reactive ketones (excluding diaryl/α,β-unsaturated/α-hetero) is 1. The van der Waals surface area contributed by atoms with Crippen LogP contribution in [0.3, 0.4) is 0 Å². The van der Waals surface area contributed by atoms with Crippen LogP contribution in [0.4, 0.5) is 9.18 Å². The number of halogens is 1. The SMILES string of the molecule is CC(C)(C)OC(=O)N1[C@@H]2CC[C@@H](C2)[C@H]1C(=O)C[C@H](C#N)Cc1ccc(-c2ccc(C(=O)NC3CCOCC3)cc2)cc1F. The van der Waals surface area contributed by atoms with Crippen molar-refractivity contribution < 1.29 is 28.2 Å². The van der Waals surface area contributed by atoms with Crippen molar-refractivity contribution in [2.24, 2.45) is 11.8 Å². The number of benzene rings is 2. The second kappa shape index (κ2) is 12.8. The Balaban J connectivity index is 1.21. The number of amides is 2. The normalized spacial score (nSPS) is 22.6. The average molecular weight is 590 g/mol. The summed E-state index contributed by atoms with van der Waals surface area (Å²) in [6.07, 6.45) is 3.63. The molecule has 3 fully saturated rings. The van der Waals surface area contributed by atoms with Crippen LogP contribution in [-0.2, 0) is 20.7 Å². The Kier molecular flexibility index (Phi) is 9.16. The van der Waals surface area contributed by atoms with Crippen LogP contribution < -0.4 is 5.32 Å². The van der Waals surface area contributed by atoms with Crippen LogP contribution in [-0.4, -0.2) is 59.6 Å². The highest BCUT2D eigenvalue weighted by Gasteiger charge is 2.52. The van der Waals surface area contributed by atoms with E-state index in [9.17, 15) is 19.6 Å². The lowest BCUT2D eigenvalue weighted by molar-refractivity contribution is -0.126. The summed E-state index contributed by atoms with van der Waals surface area (Å²) < 4.78 is 26.2. The van der Waals surface area contributed by atoms with Crippen molar-refractivity contribution in [1.29, 1.82) is 5.26 Å². The molecule has 2 heterocycles. The third-order valence-corrected chi connectivity index (χ3v) is 8.71. The molecule has 5 rings (SSSR count). The summed E-state index contributed by atoms with van der Waals surface area (Å²) >= 11 is 0. The molecule has 0 unspecified atom stereocenters. The Labute approximate surface area is 252 Å². The maximum absolute atomic E-state index is 15.2. The van der Waals surface area contributed by atoms with E-state index in [1.807, 2.05) is 0 Å². The third-order valence-electron chi connectivity index (χ3n) is 8.71. The topological polar surface area (TPSA) is 109 Å². The molecule has 2 aliphatic heterocycles. The zero-order valence-corrected chi connectivity index (χ0v) is 25.1. The van der Waals surface area contributed by atoms with Crippen molar-refractivity contribution in [3.8, 4) is 17.2 Å². The molecule has 2 bridgehead atoms. The number of hydrogen-bond donors (Lipinski definition) is 1. The number of carbonyl (C=O) groups is 3. The monoisotopic (exact) mass is 589 g/mol. The Morgan fingerprint density at radius 1 is 1.07 bits per heavy atom. The van der Waals surface area contributed by atoms with Crippen LogP contribution in [0.5, 0.6) is 0 Å². The Morgan fingerprint density at radius 2 is 1.77 bits per heavy atom. The Morgan fingerprint density at radius 3 is 2.42 bits per heavy atom. The molecule has 0 aromatic heterocycles. The molecule has 2 amide bonds. The van der Waals surface area contributed by atoms with E-state index < -0.39 is 29.5 Å². The number of rotatable bonds is 8. The minimum atomic E-state index is -0.721. The summed E-state index contributed by atoms with van der Waals surface area (Å²) in [5, 5.41) is 12.9. The smallest absolute Gasteiger partial charge is 0.411 e. The van der Waals surface area contributed by atoms with Crippen molar-refractivity contribution in [2.45, 2.75) is 89.4 Å². The second-order valence-corrected chi connectivity index (χ2v) is 13.0. The van der Waals surface area contributed by atoms with E-state index >= 15 is 4.39 Å². The summed E-state index contributed by atoms with van der Waals surface area (Å²) in [6.45, 7) is 6.68. The fraction of sp³-hybridized carbons (Fsp3) is 0.529. The largest absolute Gasteiger partial charge is 0.444 e. The van der Waals surface area contributed by atoms with Crippen LogP contribution in [0.25, 0.3) is 11.1 Å². The standard InChI is InChI=1S/C34H40FN3O5/c1-34(2,3)43-33(41)38-28-11-10-26(18-28)31(38)30(39)17-21(20-36)16-25-9-8-24(19-29(25)35)22-4-6-23(7-5-22)32(40)37-27-12-14-42-15-13-27/h4-9,19,21,26-28,31H,10-18H2,1-3H3,(H,37,40)/t21-,26+,28-,31+/m1/s1. The van der Waals surface area contributed by atoms with E-state index in [4.69, 9.17) is 9.47 Å². The van der Waals surface area contributed by atoms with E-state index in [0.717, 1.165) is 37.7 Å². The number of fused-ring (bicyclic) bond motifs is 2. The molecule has 228 valence electrons. The van der Waals surface area contributed by atoms with Gasteiger partial charge in [0, 0.05) is 37.3 Å². The van der Waals surface area contributed by atoms with Crippen LogP contribution in [0, 0.1) is 29.0 Å². The highest BCUT2D eigenvalue weighted by Crippen LogP contribution is 2.44. The van der Waals surface area contributed by atoms with Crippen molar-refractivity contribution >= 4 is 17.8 Å². The van der Waals surface area contributed by atoms with E-state index in [1.165, 1.54) is 6.07 Å². The fourth-order valence-electron chi connectivity index (χ4n) is 6.59. The number of likely N-dealkylation sites (tertiary alicyclic amines) is 1. The summed E-state index contributed by atoms with van der Waals surface area (Å²) in [6, 6.07) is 13.5. The zero-order chi connectivity index (χ0) is 30.7. The molecule has 2 aromatic carbocycles. The molecular formula is C34H40FN3O5. The number of nitrogens with zero attached hydrogens (tertiary/aromatic N) is 2. The number of carbonyl (C=O) groups excluding carboxylic acids is 3. The number of hydrogen-bond acceptors (Lipinski definition) is 6. The number of ether oxygens (including phenoxy) is 2. The van der Waals surface area contributed by atoms with Gasteiger partial charge >= 0.3 is 6.09 Å². The molecule has 0 spiro atoms. The van der Waals surface area contributed by atoms with Gasteiger partial charge in [-0.3, -0.25) is 14.5 Å². The lowest BCUT2D eigenvalue weighted by atomic mass is 9.87. The summed E-state index contributed by atoms with van der Waals surface area (Å²) in [4.78, 5) is 40.6. The van der Waals surface area contributed by atoms with Crippen LogP contribution in [0.2, 0.25) is 0 Å². The van der Waals surface area contributed by atoms with Crippen LogP contribution in [0.15, 0.2) is 42.5 Å². The number of nitrogens with one attached hydrogen (secondary N) is 1. The number of ketones is 1. The van der Waals surface area contributed by atoms with Gasteiger partial charge in [-0.25, -0.2) is 9.18 Å². The van der Waals surface area contributed by atoms with Gasteiger partial charge in [-0.15, -0.1) is 0 Å². The quantitative estimate of drug-likeness (QED) is 0.415. The number of piperidine rings is 1. The van der Waals surface area contributed by atoms with E-state index in [2.05, 4.69) is 11.4 Å². The van der Waals surface area contributed by atoms with Gasteiger partial charge in [0.15, 0.2) is 5.78 Å². The molecule has 4 atom stereocenters. The van der Waals surface area contributed by atoms with Crippen molar-refractivity contribution in [1.82, 2.24) is 10.2 Å². The van der Waals surface area contributed by atoms with Crippen LogP contribution >= 0.6 is 0 Å². The first-order chi connectivity index (χ1) is 20.5. The first kappa shape index (κ1) is 30.7. The van der Waals surface area contributed by atoms with Crippen LogP contribution in [0.1, 0.15) is 75.2 Å². The maximum Gasteiger partial charge on any atom is 0.411 e. The molecule has 9 heteroatoms. The van der Waals surface area contributed by atoms with Gasteiger partial charge in [0.2, 0.25) is 0 Å². The molecule has 43 heavy (non-hydrogen) atoms. The van der Waals surface area contributed by atoms with Crippen molar-refractivity contribution in [3.05, 3.63) is 59.4 Å². The van der Waals surface area contributed by atoms with Gasteiger partial charge in [-0.2, -0.15) is 5.26 Å².